The van der Waals surface area contributed by atoms with Crippen molar-refractivity contribution < 1.29 is 9.53 Å². The van der Waals surface area contributed by atoms with Gasteiger partial charge in [-0.15, -0.1) is 0 Å². The van der Waals surface area contributed by atoms with Gasteiger partial charge in [-0.05, 0) is 29.5 Å². The fraction of sp³-hybridized carbons (Fsp3) is 0.429. The highest BCUT2D eigenvalue weighted by molar-refractivity contribution is 14.1. The molecule has 0 radical (unpaired) electrons. The first-order valence-corrected chi connectivity index (χ1v) is 4.80. The molecule has 0 aromatic carbocycles. The summed E-state index contributed by atoms with van der Waals surface area (Å²) in [7, 11) is 1.68. The molecule has 0 atom stereocenters. The van der Waals surface area contributed by atoms with Crippen LogP contribution in [0.3, 0.4) is 0 Å². The number of ether oxygens (including phenoxy) is 1. The van der Waals surface area contributed by atoms with Crippen LogP contribution in [0.4, 0.5) is 5.82 Å². The topological polar surface area (TPSA) is 70.1 Å². The van der Waals surface area contributed by atoms with Crippen LogP contribution in [0.5, 0.6) is 0 Å². The second kappa shape index (κ2) is 3.95. The first-order chi connectivity index (χ1) is 6.07. The minimum absolute atomic E-state index is 0.280. The Morgan fingerprint density at radius 1 is 1.77 bits per heavy atom. The second-order valence-corrected chi connectivity index (χ2v) is 3.47. The molecule has 0 fully saturated rings. The Morgan fingerprint density at radius 3 is 2.77 bits per heavy atom. The van der Waals surface area contributed by atoms with Crippen molar-refractivity contribution in [1.29, 1.82) is 0 Å². The third-order valence-electron chi connectivity index (χ3n) is 1.50. The molecule has 0 aliphatic carbocycles. The van der Waals surface area contributed by atoms with E-state index in [2.05, 4.69) is 5.10 Å². The van der Waals surface area contributed by atoms with Crippen molar-refractivity contribution >= 4 is 34.4 Å². The number of nitrogens with two attached hydrogens (primary N) is 1. The van der Waals surface area contributed by atoms with E-state index in [1.165, 1.54) is 4.68 Å². The third kappa shape index (κ3) is 1.93. The van der Waals surface area contributed by atoms with Crippen LogP contribution in [0, 0.1) is 3.57 Å². The molecule has 2 N–H and O–H groups in total. The number of hydrogen-bond donors (Lipinski definition) is 1. The Morgan fingerprint density at radius 2 is 2.38 bits per heavy atom. The summed E-state index contributed by atoms with van der Waals surface area (Å²) in [6, 6.07) is 0. The van der Waals surface area contributed by atoms with Crippen LogP contribution in [0.2, 0.25) is 0 Å². The Hall–Kier alpha value is -0.790. The third-order valence-corrected chi connectivity index (χ3v) is 2.56. The van der Waals surface area contributed by atoms with E-state index in [-0.39, 0.29) is 5.69 Å². The normalized spacial score (nSPS) is 10.1. The zero-order valence-corrected chi connectivity index (χ0v) is 9.53. The van der Waals surface area contributed by atoms with Crippen LogP contribution in [-0.4, -0.2) is 22.4 Å². The molecule has 0 saturated carbocycles. The molecule has 0 spiro atoms. The van der Waals surface area contributed by atoms with Crippen molar-refractivity contribution in [3.63, 3.8) is 0 Å². The summed E-state index contributed by atoms with van der Waals surface area (Å²) >= 11 is 1.97. The Labute approximate surface area is 89.4 Å². The van der Waals surface area contributed by atoms with Crippen molar-refractivity contribution in [1.82, 2.24) is 9.78 Å². The van der Waals surface area contributed by atoms with Gasteiger partial charge in [0.05, 0.1) is 10.2 Å². The summed E-state index contributed by atoms with van der Waals surface area (Å²) in [5, 5.41) is 3.94. The molecule has 0 bridgehead atoms. The van der Waals surface area contributed by atoms with Gasteiger partial charge in [-0.2, -0.15) is 5.10 Å². The summed E-state index contributed by atoms with van der Waals surface area (Å²) in [5.74, 6) is 0.0443. The molecule has 13 heavy (non-hydrogen) atoms. The van der Waals surface area contributed by atoms with E-state index in [9.17, 15) is 4.79 Å². The lowest BCUT2D eigenvalue weighted by atomic mass is 10.4. The van der Waals surface area contributed by atoms with E-state index in [1.54, 1.807) is 14.0 Å². The number of rotatable bonds is 2. The van der Waals surface area contributed by atoms with Gasteiger partial charge >= 0.3 is 5.97 Å². The summed E-state index contributed by atoms with van der Waals surface area (Å²) in [6.07, 6.45) is 0. The number of carbonyl (C=O) groups is 1. The summed E-state index contributed by atoms with van der Waals surface area (Å²) in [4.78, 5) is 11.3. The first kappa shape index (κ1) is 10.3. The molecule has 0 unspecified atom stereocenters. The molecule has 0 saturated heterocycles. The van der Waals surface area contributed by atoms with Crippen LogP contribution in [0.25, 0.3) is 0 Å². The maximum Gasteiger partial charge on any atom is 0.360 e. The zero-order valence-electron chi connectivity index (χ0n) is 7.37. The average Bonchev–Trinajstić information content (AvgIpc) is 2.33. The molecule has 72 valence electrons. The van der Waals surface area contributed by atoms with Gasteiger partial charge in [0.25, 0.3) is 0 Å². The molecule has 1 heterocycles. The average molecular weight is 295 g/mol. The quantitative estimate of drug-likeness (QED) is 0.646. The number of esters is 1. The largest absolute Gasteiger partial charge is 0.461 e. The van der Waals surface area contributed by atoms with Gasteiger partial charge in [0, 0.05) is 7.05 Å². The molecule has 1 aromatic heterocycles. The van der Waals surface area contributed by atoms with Gasteiger partial charge < -0.3 is 10.5 Å². The number of halogens is 1. The van der Waals surface area contributed by atoms with Crippen LogP contribution in [-0.2, 0) is 11.8 Å². The highest BCUT2D eigenvalue weighted by atomic mass is 127. The van der Waals surface area contributed by atoms with Crippen molar-refractivity contribution in [3.05, 3.63) is 9.26 Å². The smallest absolute Gasteiger partial charge is 0.360 e. The molecule has 6 heteroatoms. The number of nitrogens with zero attached hydrogens (tertiary/aromatic N) is 2. The summed E-state index contributed by atoms with van der Waals surface area (Å²) < 4.78 is 6.89. The number of aromatic nitrogens is 2. The maximum absolute atomic E-state index is 11.3. The SMILES string of the molecule is CCOC(=O)c1nn(C)c(N)c1I. The molecule has 5 nitrogen and oxygen atoms in total. The Kier molecular flexibility index (Phi) is 3.12. The van der Waals surface area contributed by atoms with Crippen molar-refractivity contribution in [2.75, 3.05) is 12.3 Å². The summed E-state index contributed by atoms with van der Waals surface area (Å²) in [5.41, 5.74) is 5.90. The molecule has 1 aromatic rings. The van der Waals surface area contributed by atoms with Crippen molar-refractivity contribution in [2.24, 2.45) is 7.05 Å². The standard InChI is InChI=1S/C7H10IN3O2/c1-3-13-7(12)5-4(8)6(9)11(2)10-5/h3,9H2,1-2H3. The second-order valence-electron chi connectivity index (χ2n) is 2.39. The number of hydrogen-bond acceptors (Lipinski definition) is 4. The van der Waals surface area contributed by atoms with E-state index in [0.29, 0.717) is 16.0 Å². The maximum atomic E-state index is 11.3. The fourth-order valence-electron chi connectivity index (χ4n) is 0.841. The lowest BCUT2D eigenvalue weighted by Crippen LogP contribution is -2.07. The number of nitrogen functional groups attached to an aromatic ring is 1. The predicted octanol–water partition coefficient (Wildman–Crippen LogP) is 0.784. The van der Waals surface area contributed by atoms with E-state index in [0.717, 1.165) is 0 Å². The highest BCUT2D eigenvalue weighted by Crippen LogP contribution is 2.18. The van der Waals surface area contributed by atoms with Gasteiger partial charge in [0.15, 0.2) is 5.69 Å². The first-order valence-electron chi connectivity index (χ1n) is 3.73. The highest BCUT2D eigenvalue weighted by Gasteiger charge is 2.18. The monoisotopic (exact) mass is 295 g/mol. The fourth-order valence-corrected chi connectivity index (χ4v) is 1.52. The zero-order chi connectivity index (χ0) is 10.0. The van der Waals surface area contributed by atoms with Gasteiger partial charge in [0.1, 0.15) is 5.82 Å². The van der Waals surface area contributed by atoms with Crippen LogP contribution in [0.15, 0.2) is 0 Å². The van der Waals surface area contributed by atoms with Gasteiger partial charge in [-0.25, -0.2) is 4.79 Å². The number of aryl methyl sites for hydroxylation is 1. The Bertz CT molecular complexity index is 335. The summed E-state index contributed by atoms with van der Waals surface area (Å²) in [6.45, 7) is 2.09. The number of carbonyl (C=O) groups excluding carboxylic acids is 1. The van der Waals surface area contributed by atoms with Gasteiger partial charge in [-0.1, -0.05) is 0 Å². The molecule has 0 amide bonds. The molecular formula is C7H10IN3O2. The van der Waals surface area contributed by atoms with E-state index < -0.39 is 5.97 Å². The van der Waals surface area contributed by atoms with E-state index in [4.69, 9.17) is 10.5 Å². The molecular weight excluding hydrogens is 285 g/mol. The van der Waals surface area contributed by atoms with Gasteiger partial charge in [-0.3, -0.25) is 4.68 Å². The van der Waals surface area contributed by atoms with Crippen molar-refractivity contribution in [3.8, 4) is 0 Å². The minimum atomic E-state index is -0.431. The van der Waals surface area contributed by atoms with E-state index in [1.807, 2.05) is 22.6 Å². The molecule has 0 aliphatic heterocycles. The van der Waals surface area contributed by atoms with Gasteiger partial charge in [0.2, 0.25) is 0 Å². The minimum Gasteiger partial charge on any atom is -0.461 e. The van der Waals surface area contributed by atoms with Crippen LogP contribution in [0.1, 0.15) is 17.4 Å². The molecule has 0 aliphatic rings. The van der Waals surface area contributed by atoms with E-state index >= 15 is 0 Å². The lowest BCUT2D eigenvalue weighted by molar-refractivity contribution is 0.0517. The van der Waals surface area contributed by atoms with Crippen molar-refractivity contribution in [2.45, 2.75) is 6.92 Å². The van der Waals surface area contributed by atoms with Crippen LogP contribution < -0.4 is 5.73 Å². The lowest BCUT2D eigenvalue weighted by Gasteiger charge is -1.96. The number of anilines is 1. The predicted molar refractivity (Wildman–Crippen MR) is 56.3 cm³/mol. The Balaban J connectivity index is 3.01. The van der Waals surface area contributed by atoms with Crippen LogP contribution >= 0.6 is 22.6 Å². The molecule has 1 rings (SSSR count).